The van der Waals surface area contributed by atoms with Gasteiger partial charge in [0.15, 0.2) is 5.92 Å². The van der Waals surface area contributed by atoms with E-state index in [-0.39, 0.29) is 12.2 Å². The zero-order chi connectivity index (χ0) is 32.3. The van der Waals surface area contributed by atoms with Crippen LogP contribution in [0, 0.1) is 11.3 Å². The van der Waals surface area contributed by atoms with Gasteiger partial charge in [-0.05, 0) is 49.4 Å². The summed E-state index contributed by atoms with van der Waals surface area (Å²) in [7, 11) is 0. The average molecular weight is 614 g/mol. The molecular weight excluding hydrogens is 563 g/mol. The van der Waals surface area contributed by atoms with E-state index in [9.17, 15) is 32.3 Å². The Kier molecular flexibility index (Phi) is 17.8. The van der Waals surface area contributed by atoms with Crippen molar-refractivity contribution in [3.05, 3.63) is 29.8 Å². The predicted molar refractivity (Wildman–Crippen MR) is 161 cm³/mol. The summed E-state index contributed by atoms with van der Waals surface area (Å²) in [6.07, 6.45) is 8.09. The van der Waals surface area contributed by atoms with Gasteiger partial charge in [-0.3, -0.25) is 14.4 Å². The number of unbranched alkanes of at least 4 members (excludes halogenated alkanes) is 12. The van der Waals surface area contributed by atoms with E-state index in [1.165, 1.54) is 32.1 Å². The number of nitrogens with one attached hydrogen (secondary N) is 1. The van der Waals surface area contributed by atoms with Crippen molar-refractivity contribution >= 4 is 29.4 Å². The normalized spacial score (nSPS) is 12.4. The third-order valence-electron chi connectivity index (χ3n) is 7.16. The number of Topliss-reactive ketones (excluding diaryl/α,β-unsaturated/α-hetero) is 1. The van der Waals surface area contributed by atoms with Crippen molar-refractivity contribution in [2.75, 3.05) is 18.5 Å². The zero-order valence-corrected chi connectivity index (χ0v) is 26.3. The van der Waals surface area contributed by atoms with Crippen LogP contribution in [-0.2, 0) is 23.9 Å². The fraction of sp³-hybridized carbons (Fsp3) is 0.697. The van der Waals surface area contributed by atoms with Crippen LogP contribution in [0.3, 0.4) is 0 Å². The Labute approximate surface area is 254 Å². The fourth-order valence-electron chi connectivity index (χ4n) is 4.69. The molecule has 1 aromatic rings. The monoisotopic (exact) mass is 613 g/mol. The van der Waals surface area contributed by atoms with Crippen LogP contribution in [0.2, 0.25) is 0 Å². The van der Waals surface area contributed by atoms with Gasteiger partial charge in [-0.25, -0.2) is 4.79 Å². The summed E-state index contributed by atoms with van der Waals surface area (Å²) in [5.41, 5.74) is 0.309. The first-order chi connectivity index (χ1) is 20.3. The molecule has 1 unspecified atom stereocenters. The predicted octanol–water partition coefficient (Wildman–Crippen LogP) is 8.60. The smallest absolute Gasteiger partial charge is 0.449 e. The van der Waals surface area contributed by atoms with Crippen LogP contribution in [0.5, 0.6) is 0 Å². The van der Waals surface area contributed by atoms with Crippen LogP contribution in [0.1, 0.15) is 128 Å². The molecule has 1 aromatic carbocycles. The van der Waals surface area contributed by atoms with Gasteiger partial charge < -0.3 is 14.8 Å². The summed E-state index contributed by atoms with van der Waals surface area (Å²) in [5.74, 6) is -5.27. The van der Waals surface area contributed by atoms with E-state index in [2.05, 4.69) is 5.32 Å². The maximum absolute atomic E-state index is 12.6. The van der Waals surface area contributed by atoms with E-state index in [1.807, 2.05) is 0 Å². The molecule has 0 heterocycles. The molecule has 0 fully saturated rings. The quantitative estimate of drug-likeness (QED) is 0.0842. The summed E-state index contributed by atoms with van der Waals surface area (Å²) in [4.78, 5) is 48.1. The van der Waals surface area contributed by atoms with Gasteiger partial charge in [-0.1, -0.05) is 91.4 Å². The molecule has 0 saturated carbocycles. The van der Waals surface area contributed by atoms with Gasteiger partial charge in [-0.2, -0.15) is 13.2 Å². The number of hydrogen-bond acceptors (Lipinski definition) is 7. The summed E-state index contributed by atoms with van der Waals surface area (Å²) >= 11 is 0. The number of anilines is 1. The number of ketones is 1. The lowest BCUT2D eigenvalue weighted by Gasteiger charge is -2.26. The molecule has 0 bridgehead atoms. The topological polar surface area (TPSA) is 98.8 Å². The lowest BCUT2D eigenvalue weighted by Crippen LogP contribution is -2.39. The Morgan fingerprint density at radius 3 is 1.63 bits per heavy atom. The number of hydrogen-bond donors (Lipinski definition) is 1. The summed E-state index contributed by atoms with van der Waals surface area (Å²) < 4.78 is 46.4. The van der Waals surface area contributed by atoms with E-state index in [0.29, 0.717) is 12.8 Å². The van der Waals surface area contributed by atoms with Crippen molar-refractivity contribution < 1.29 is 41.8 Å². The van der Waals surface area contributed by atoms with E-state index in [4.69, 9.17) is 9.47 Å². The zero-order valence-electron chi connectivity index (χ0n) is 26.3. The third-order valence-corrected chi connectivity index (χ3v) is 7.16. The lowest BCUT2D eigenvalue weighted by atomic mass is 9.81. The molecule has 1 N–H and O–H groups in total. The third kappa shape index (κ3) is 16.5. The van der Waals surface area contributed by atoms with Crippen molar-refractivity contribution in [1.82, 2.24) is 0 Å². The second-order valence-electron chi connectivity index (χ2n) is 12.0. The highest BCUT2D eigenvalue weighted by Crippen LogP contribution is 2.29. The molecule has 0 aliphatic carbocycles. The Morgan fingerprint density at radius 2 is 1.19 bits per heavy atom. The Bertz CT molecular complexity index is 986. The number of ether oxygens (including phenoxy) is 2. The minimum atomic E-state index is -4.69. The molecule has 10 heteroatoms. The first kappa shape index (κ1) is 38.1. The molecule has 0 aliphatic rings. The number of esters is 3. The molecule has 244 valence electrons. The van der Waals surface area contributed by atoms with Crippen molar-refractivity contribution in [3.63, 3.8) is 0 Å². The maximum atomic E-state index is 12.6. The van der Waals surface area contributed by atoms with Crippen LogP contribution in [-0.4, -0.2) is 43.0 Å². The van der Waals surface area contributed by atoms with Crippen molar-refractivity contribution in [1.29, 1.82) is 0 Å². The van der Waals surface area contributed by atoms with Crippen LogP contribution >= 0.6 is 0 Å². The minimum Gasteiger partial charge on any atom is -0.465 e. The highest BCUT2D eigenvalue weighted by Gasteiger charge is 2.41. The number of rotatable bonds is 21. The number of halogens is 3. The van der Waals surface area contributed by atoms with Crippen molar-refractivity contribution in [2.45, 2.75) is 124 Å². The number of carbonyl (C=O) groups excluding carboxylic acids is 4. The van der Waals surface area contributed by atoms with Gasteiger partial charge in [0.2, 0.25) is 5.78 Å². The van der Waals surface area contributed by atoms with Gasteiger partial charge in [0, 0.05) is 18.7 Å². The maximum Gasteiger partial charge on any atom is 0.449 e. The molecule has 0 spiro atoms. The van der Waals surface area contributed by atoms with Gasteiger partial charge >= 0.3 is 24.1 Å². The van der Waals surface area contributed by atoms with Crippen LogP contribution < -0.4 is 5.32 Å². The second-order valence-corrected chi connectivity index (χ2v) is 12.0. The molecule has 0 aromatic heterocycles. The first-order valence-corrected chi connectivity index (χ1v) is 15.6. The largest absolute Gasteiger partial charge is 0.465 e. The van der Waals surface area contributed by atoms with Crippen molar-refractivity contribution in [3.8, 4) is 0 Å². The van der Waals surface area contributed by atoms with Crippen LogP contribution in [0.25, 0.3) is 0 Å². The Balaban J connectivity index is 2.12. The van der Waals surface area contributed by atoms with E-state index in [0.717, 1.165) is 50.8 Å². The highest BCUT2D eigenvalue weighted by molar-refractivity contribution is 6.03. The van der Waals surface area contributed by atoms with E-state index < -0.39 is 47.6 Å². The van der Waals surface area contributed by atoms with Crippen molar-refractivity contribution in [2.24, 2.45) is 11.3 Å². The molecule has 43 heavy (non-hydrogen) atoms. The average Bonchev–Trinajstić information content (AvgIpc) is 2.91. The molecule has 7 nitrogen and oxygen atoms in total. The first-order valence-electron chi connectivity index (χ1n) is 15.6. The molecule has 0 saturated heterocycles. The number of benzene rings is 1. The van der Waals surface area contributed by atoms with Gasteiger partial charge in [0.25, 0.3) is 0 Å². The van der Waals surface area contributed by atoms with E-state index in [1.54, 1.807) is 52.0 Å². The summed E-state index contributed by atoms with van der Waals surface area (Å²) in [6, 6.07) is 6.66. The summed E-state index contributed by atoms with van der Waals surface area (Å²) in [6.45, 7) is 7.70. The SMILES string of the molecule is CCOC(=O)C(C(=O)OC(=O)c1ccc(NCCCCCCCCCCCCCCCC(=O)C(F)(F)F)cc1)C(C)(C)C. The molecule has 1 atom stereocenters. The Morgan fingerprint density at radius 1 is 0.721 bits per heavy atom. The fourth-order valence-corrected chi connectivity index (χ4v) is 4.69. The Hall–Kier alpha value is -2.91. The standard InChI is InChI=1S/C33H50F3NO6/c1-5-42-30(40)28(32(2,3)4)31(41)43-29(39)25-20-22-26(23-21-25)37-24-18-16-14-12-10-8-6-7-9-11-13-15-17-19-27(38)33(34,35)36/h20-23,28,37H,5-19,24H2,1-4H3. The summed E-state index contributed by atoms with van der Waals surface area (Å²) in [5, 5.41) is 3.33. The van der Waals surface area contributed by atoms with Crippen LogP contribution in [0.4, 0.5) is 18.9 Å². The molecule has 0 amide bonds. The van der Waals surface area contributed by atoms with E-state index >= 15 is 0 Å². The minimum absolute atomic E-state index is 0.126. The van der Waals surface area contributed by atoms with Crippen LogP contribution in [0.15, 0.2) is 24.3 Å². The molecule has 0 aliphatic heterocycles. The second kappa shape index (κ2) is 20.1. The molecular formula is C33H50F3NO6. The molecule has 0 radical (unpaired) electrons. The number of alkyl halides is 3. The van der Waals surface area contributed by atoms with Gasteiger partial charge in [-0.15, -0.1) is 0 Å². The number of carbonyl (C=O) groups is 4. The van der Waals surface area contributed by atoms with Gasteiger partial charge in [0.05, 0.1) is 12.2 Å². The highest BCUT2D eigenvalue weighted by atomic mass is 19.4. The van der Waals surface area contributed by atoms with Gasteiger partial charge in [0.1, 0.15) is 0 Å². The molecule has 1 rings (SSSR count). The lowest BCUT2D eigenvalue weighted by molar-refractivity contribution is -0.171.